The van der Waals surface area contributed by atoms with Gasteiger partial charge in [0.1, 0.15) is 5.75 Å². The van der Waals surface area contributed by atoms with Crippen LogP contribution in [0.5, 0.6) is 17.2 Å². The SMILES string of the molecule is COc1cc(CO)c(OC)c(OC)c1CC=C(C)CCC=C(C)CO[Si](c1ccccc1)(c1ccccc1)C(C)(C)C. The summed E-state index contributed by atoms with van der Waals surface area (Å²) in [7, 11) is 2.27. The van der Waals surface area contributed by atoms with Crippen molar-refractivity contribution in [2.45, 2.75) is 65.5 Å². The van der Waals surface area contributed by atoms with Crippen LogP contribution < -0.4 is 24.6 Å². The molecule has 0 fully saturated rings. The second-order valence-electron chi connectivity index (χ2n) is 11.7. The highest BCUT2D eigenvalue weighted by Gasteiger charge is 2.50. The lowest BCUT2D eigenvalue weighted by Gasteiger charge is -2.43. The highest BCUT2D eigenvalue weighted by atomic mass is 28.4. The smallest absolute Gasteiger partial charge is 0.261 e. The van der Waals surface area contributed by atoms with E-state index in [-0.39, 0.29) is 11.6 Å². The first kappa shape index (κ1) is 33.2. The molecule has 1 N–H and O–H groups in total. The van der Waals surface area contributed by atoms with E-state index in [1.54, 1.807) is 21.3 Å². The van der Waals surface area contributed by atoms with E-state index in [1.807, 2.05) is 6.07 Å². The summed E-state index contributed by atoms with van der Waals surface area (Å²) in [6.45, 7) is 11.7. The van der Waals surface area contributed by atoms with E-state index in [9.17, 15) is 5.11 Å². The first-order valence-electron chi connectivity index (χ1n) is 14.6. The van der Waals surface area contributed by atoms with Crippen molar-refractivity contribution >= 4 is 18.7 Å². The predicted octanol–water partition coefficient (Wildman–Crippen LogP) is 7.00. The summed E-state index contributed by atoms with van der Waals surface area (Å²) in [5.41, 5.74) is 4.06. The molecule has 0 saturated heterocycles. The molecule has 6 heteroatoms. The number of aliphatic hydroxyl groups is 1. The number of benzene rings is 3. The van der Waals surface area contributed by atoms with Gasteiger partial charge in [0.2, 0.25) is 0 Å². The molecule has 0 bridgehead atoms. The molecule has 0 unspecified atom stereocenters. The number of rotatable bonds is 14. The Bertz CT molecular complexity index is 1300. The zero-order valence-corrected chi connectivity index (χ0v) is 27.6. The van der Waals surface area contributed by atoms with E-state index in [4.69, 9.17) is 18.6 Å². The molecule has 0 heterocycles. The molecule has 0 amide bonds. The van der Waals surface area contributed by atoms with Gasteiger partial charge in [0.25, 0.3) is 8.32 Å². The Hall–Kier alpha value is -3.32. The average molecular weight is 589 g/mol. The van der Waals surface area contributed by atoms with Crippen LogP contribution in [0.4, 0.5) is 0 Å². The van der Waals surface area contributed by atoms with Gasteiger partial charge in [0.05, 0.1) is 34.5 Å². The summed E-state index contributed by atoms with van der Waals surface area (Å²) in [4.78, 5) is 0. The van der Waals surface area contributed by atoms with E-state index < -0.39 is 8.32 Å². The molecule has 5 nitrogen and oxygen atoms in total. The predicted molar refractivity (Wildman–Crippen MR) is 176 cm³/mol. The van der Waals surface area contributed by atoms with Crippen molar-refractivity contribution in [2.75, 3.05) is 27.9 Å². The number of methoxy groups -OCH3 is 3. The van der Waals surface area contributed by atoms with Crippen LogP contribution >= 0.6 is 0 Å². The Balaban J connectivity index is 1.75. The van der Waals surface area contributed by atoms with Gasteiger partial charge in [-0.2, -0.15) is 0 Å². The van der Waals surface area contributed by atoms with Crippen molar-refractivity contribution in [2.24, 2.45) is 0 Å². The van der Waals surface area contributed by atoms with Crippen LogP contribution in [0.25, 0.3) is 0 Å². The molecular weight excluding hydrogens is 540 g/mol. The molecule has 0 saturated carbocycles. The second-order valence-corrected chi connectivity index (χ2v) is 16.0. The topological polar surface area (TPSA) is 57.2 Å². The van der Waals surface area contributed by atoms with Gasteiger partial charge in [-0.25, -0.2) is 0 Å². The fraction of sp³-hybridized carbons (Fsp3) is 0.389. The van der Waals surface area contributed by atoms with E-state index in [1.165, 1.54) is 21.5 Å². The molecule has 3 aromatic carbocycles. The zero-order chi connectivity index (χ0) is 30.8. The first-order valence-corrected chi connectivity index (χ1v) is 16.5. The third-order valence-electron chi connectivity index (χ3n) is 7.79. The number of allylic oxidation sites excluding steroid dienone is 3. The highest BCUT2D eigenvalue weighted by Crippen LogP contribution is 2.41. The van der Waals surface area contributed by atoms with Crippen LogP contribution in [-0.2, 0) is 17.5 Å². The van der Waals surface area contributed by atoms with Gasteiger partial charge in [0, 0.05) is 11.1 Å². The van der Waals surface area contributed by atoms with Crippen molar-refractivity contribution in [1.29, 1.82) is 0 Å². The Kier molecular flexibility index (Phi) is 12.0. The lowest BCUT2D eigenvalue weighted by Crippen LogP contribution is -2.66. The molecule has 3 rings (SSSR count). The highest BCUT2D eigenvalue weighted by molar-refractivity contribution is 6.99. The molecule has 0 spiro atoms. The number of hydrogen-bond acceptors (Lipinski definition) is 5. The van der Waals surface area contributed by atoms with Gasteiger partial charge in [-0.3, -0.25) is 0 Å². The monoisotopic (exact) mass is 588 g/mol. The van der Waals surface area contributed by atoms with Crippen LogP contribution in [0.1, 0.15) is 58.6 Å². The fourth-order valence-electron chi connectivity index (χ4n) is 5.61. The zero-order valence-electron chi connectivity index (χ0n) is 26.6. The van der Waals surface area contributed by atoms with Gasteiger partial charge in [-0.1, -0.05) is 105 Å². The molecule has 0 aliphatic rings. The largest absolute Gasteiger partial charge is 0.496 e. The summed E-state index contributed by atoms with van der Waals surface area (Å²) in [5.74, 6) is 1.82. The molecule has 226 valence electrons. The van der Waals surface area contributed by atoms with Crippen LogP contribution in [0, 0.1) is 0 Å². The quantitative estimate of drug-likeness (QED) is 0.162. The van der Waals surface area contributed by atoms with E-state index in [2.05, 4.69) is 107 Å². The molecule has 42 heavy (non-hydrogen) atoms. The fourth-order valence-corrected chi connectivity index (χ4v) is 10.2. The van der Waals surface area contributed by atoms with Crippen LogP contribution in [0.2, 0.25) is 5.04 Å². The van der Waals surface area contributed by atoms with Gasteiger partial charge in [0.15, 0.2) is 11.5 Å². The Morgan fingerprint density at radius 2 is 1.36 bits per heavy atom. The third-order valence-corrected chi connectivity index (χ3v) is 12.8. The Morgan fingerprint density at radius 1 is 0.786 bits per heavy atom. The van der Waals surface area contributed by atoms with Crippen molar-refractivity contribution in [3.8, 4) is 17.2 Å². The summed E-state index contributed by atoms with van der Waals surface area (Å²) in [5, 5.41) is 12.3. The summed E-state index contributed by atoms with van der Waals surface area (Å²) < 4.78 is 23.9. The summed E-state index contributed by atoms with van der Waals surface area (Å²) in [6, 6.07) is 23.4. The van der Waals surface area contributed by atoms with Crippen molar-refractivity contribution in [3.05, 3.63) is 101 Å². The lowest BCUT2D eigenvalue weighted by atomic mass is 10.0. The molecule has 0 aliphatic heterocycles. The standard InChI is InChI=1S/C36H48O5Si/c1-27(22-23-32-33(38-6)24-29(25-37)34(39-7)35(32)40-8)16-15-17-28(2)26-41-42(36(3,4)5,30-18-11-9-12-19-30)31-20-13-10-14-21-31/h9-14,17-22,24,37H,15-16,23,25-26H2,1-8H3. The lowest BCUT2D eigenvalue weighted by molar-refractivity contribution is 0.268. The number of aliphatic hydroxyl groups excluding tert-OH is 1. The van der Waals surface area contributed by atoms with Gasteiger partial charge < -0.3 is 23.7 Å². The van der Waals surface area contributed by atoms with Crippen molar-refractivity contribution in [3.63, 3.8) is 0 Å². The number of ether oxygens (including phenoxy) is 3. The molecular formula is C36H48O5Si. The van der Waals surface area contributed by atoms with Gasteiger partial charge >= 0.3 is 0 Å². The van der Waals surface area contributed by atoms with Crippen LogP contribution in [0.15, 0.2) is 90.0 Å². The first-order chi connectivity index (χ1) is 20.1. The Morgan fingerprint density at radius 3 is 1.83 bits per heavy atom. The van der Waals surface area contributed by atoms with Crippen molar-refractivity contribution < 1.29 is 23.7 Å². The average Bonchev–Trinajstić information content (AvgIpc) is 2.99. The maximum atomic E-state index is 9.76. The van der Waals surface area contributed by atoms with Crippen LogP contribution in [-0.4, -0.2) is 41.4 Å². The van der Waals surface area contributed by atoms with Crippen molar-refractivity contribution in [1.82, 2.24) is 0 Å². The van der Waals surface area contributed by atoms with Gasteiger partial charge in [-0.05, 0) is 54.6 Å². The summed E-state index contributed by atoms with van der Waals surface area (Å²) >= 11 is 0. The minimum atomic E-state index is -2.56. The van der Waals surface area contributed by atoms with E-state index >= 15 is 0 Å². The van der Waals surface area contributed by atoms with E-state index in [0.717, 1.165) is 18.4 Å². The normalized spacial score (nSPS) is 12.8. The number of hydrogen-bond donors (Lipinski definition) is 1. The molecule has 3 aromatic rings. The maximum Gasteiger partial charge on any atom is 0.261 e. The maximum absolute atomic E-state index is 9.76. The third kappa shape index (κ3) is 7.54. The molecule has 0 atom stereocenters. The summed E-state index contributed by atoms with van der Waals surface area (Å²) in [6.07, 6.45) is 7.02. The minimum absolute atomic E-state index is 0.0461. The van der Waals surface area contributed by atoms with E-state index in [0.29, 0.717) is 35.8 Å². The van der Waals surface area contributed by atoms with Crippen LogP contribution in [0.3, 0.4) is 0 Å². The Labute approximate surface area is 253 Å². The molecule has 0 radical (unpaired) electrons. The molecule has 0 aromatic heterocycles. The molecule has 0 aliphatic carbocycles. The second kappa shape index (κ2) is 15.2. The van der Waals surface area contributed by atoms with Gasteiger partial charge in [-0.15, -0.1) is 0 Å². The minimum Gasteiger partial charge on any atom is -0.496 e.